The highest BCUT2D eigenvalue weighted by molar-refractivity contribution is 6.07. The van der Waals surface area contributed by atoms with E-state index in [0.29, 0.717) is 46.3 Å². The van der Waals surface area contributed by atoms with Crippen LogP contribution in [0.4, 0.5) is 17.2 Å². The van der Waals surface area contributed by atoms with Crippen molar-refractivity contribution in [2.24, 2.45) is 10.7 Å². The van der Waals surface area contributed by atoms with E-state index >= 15 is 0 Å². The third-order valence-corrected chi connectivity index (χ3v) is 5.57. The number of rotatable bonds is 10. The van der Waals surface area contributed by atoms with Gasteiger partial charge in [-0.25, -0.2) is 4.99 Å². The number of nitrogens with zero attached hydrogens (tertiary/aromatic N) is 4. The van der Waals surface area contributed by atoms with Crippen molar-refractivity contribution in [2.75, 3.05) is 38.3 Å². The van der Waals surface area contributed by atoms with Crippen LogP contribution in [-0.4, -0.2) is 49.5 Å². The minimum absolute atomic E-state index is 0.312. The lowest BCUT2D eigenvalue weighted by molar-refractivity contribution is 0.1000. The van der Waals surface area contributed by atoms with Crippen LogP contribution in [-0.2, 0) is 0 Å². The van der Waals surface area contributed by atoms with Crippen molar-refractivity contribution < 1.29 is 9.53 Å². The topological polar surface area (TPSA) is 132 Å². The van der Waals surface area contributed by atoms with Gasteiger partial charge in [0, 0.05) is 37.4 Å². The van der Waals surface area contributed by atoms with E-state index in [2.05, 4.69) is 15.5 Å². The van der Waals surface area contributed by atoms with Crippen LogP contribution in [0.5, 0.6) is 5.75 Å². The fraction of sp³-hybridized carbons (Fsp3) is 0.308. The first-order valence-electron chi connectivity index (χ1n) is 11.4. The van der Waals surface area contributed by atoms with E-state index in [-0.39, 0.29) is 6.10 Å². The highest BCUT2D eigenvalue weighted by atomic mass is 16.5. The lowest BCUT2D eigenvalue weighted by atomic mass is 10.0. The van der Waals surface area contributed by atoms with Crippen LogP contribution in [0.1, 0.15) is 46.6 Å². The number of anilines is 2. The molecule has 9 nitrogen and oxygen atoms in total. The second-order valence-corrected chi connectivity index (χ2v) is 8.45. The number of carbonyl (C=O) groups is 1. The van der Waals surface area contributed by atoms with Crippen LogP contribution >= 0.6 is 0 Å². The number of hydrogen-bond acceptors (Lipinski definition) is 8. The number of nitrogens with two attached hydrogens (primary N) is 2. The first kappa shape index (κ1) is 25.6. The van der Waals surface area contributed by atoms with E-state index < -0.39 is 5.91 Å². The number of aryl methyl sites for hydroxylation is 1. The van der Waals surface area contributed by atoms with Crippen LogP contribution in [0.25, 0.3) is 0 Å². The number of nitrogens with one attached hydrogen (secondary N) is 1. The summed E-state index contributed by atoms with van der Waals surface area (Å²) in [7, 11) is 5.62. The maximum absolute atomic E-state index is 11.7. The van der Waals surface area contributed by atoms with Crippen molar-refractivity contribution in [1.82, 2.24) is 15.5 Å². The van der Waals surface area contributed by atoms with Crippen molar-refractivity contribution >= 4 is 28.8 Å². The molecule has 0 aliphatic heterocycles. The number of nitrogen functional groups attached to an aromatic ring is 1. The van der Waals surface area contributed by atoms with Gasteiger partial charge in [-0.15, -0.1) is 5.10 Å². The summed E-state index contributed by atoms with van der Waals surface area (Å²) in [5, 5.41) is 11.6. The standard InChI is InChI=1S/C26H33N7O2/c1-16(23-17(2)31-32-26(24(23)27)33(4)5)30-20-11-6-7-12-22(20)35-21(13-14-29-3)18-9-8-10-19(15-18)25(28)34/h6-12,15,21,29H,13-14H2,1-5H3,(H2,27,31)(H2,28,34). The predicted octanol–water partition coefficient (Wildman–Crippen LogP) is 3.40. The van der Waals surface area contributed by atoms with Gasteiger partial charge in [-0.2, -0.15) is 5.10 Å². The second-order valence-electron chi connectivity index (χ2n) is 8.45. The Morgan fingerprint density at radius 1 is 1.17 bits per heavy atom. The summed E-state index contributed by atoms with van der Waals surface area (Å²) in [4.78, 5) is 18.4. The highest BCUT2D eigenvalue weighted by Crippen LogP contribution is 2.34. The lowest BCUT2D eigenvalue weighted by Crippen LogP contribution is -2.18. The summed E-state index contributed by atoms with van der Waals surface area (Å²) < 4.78 is 6.46. The Morgan fingerprint density at radius 3 is 2.60 bits per heavy atom. The molecule has 1 atom stereocenters. The van der Waals surface area contributed by atoms with Crippen molar-refractivity contribution in [1.29, 1.82) is 0 Å². The van der Waals surface area contributed by atoms with Crippen LogP contribution in [0, 0.1) is 6.92 Å². The van der Waals surface area contributed by atoms with Gasteiger partial charge in [0.25, 0.3) is 0 Å². The molecule has 184 valence electrons. The summed E-state index contributed by atoms with van der Waals surface area (Å²) in [5.41, 5.74) is 16.6. The number of amides is 1. The first-order chi connectivity index (χ1) is 16.7. The smallest absolute Gasteiger partial charge is 0.248 e. The molecular weight excluding hydrogens is 442 g/mol. The largest absolute Gasteiger partial charge is 0.483 e. The third kappa shape index (κ3) is 6.13. The molecule has 3 rings (SSSR count). The molecule has 35 heavy (non-hydrogen) atoms. The summed E-state index contributed by atoms with van der Waals surface area (Å²) in [6.45, 7) is 4.48. The monoisotopic (exact) mass is 475 g/mol. The van der Waals surface area contributed by atoms with Crippen LogP contribution in [0.3, 0.4) is 0 Å². The molecule has 1 unspecified atom stereocenters. The van der Waals surface area contributed by atoms with E-state index in [4.69, 9.17) is 21.2 Å². The predicted molar refractivity (Wildman–Crippen MR) is 141 cm³/mol. The Labute approximate surface area is 206 Å². The zero-order valence-corrected chi connectivity index (χ0v) is 20.9. The molecule has 2 aromatic carbocycles. The molecule has 3 aromatic rings. The van der Waals surface area contributed by atoms with Gasteiger partial charge in [-0.1, -0.05) is 24.3 Å². The lowest BCUT2D eigenvalue weighted by Gasteiger charge is -2.21. The minimum Gasteiger partial charge on any atom is -0.483 e. The van der Waals surface area contributed by atoms with Gasteiger partial charge >= 0.3 is 0 Å². The Bertz CT molecular complexity index is 1220. The fourth-order valence-electron chi connectivity index (χ4n) is 3.82. The zero-order valence-electron chi connectivity index (χ0n) is 20.9. The molecule has 0 saturated heterocycles. The van der Waals surface area contributed by atoms with Gasteiger partial charge in [-0.05, 0) is 57.3 Å². The number of aliphatic imine (C=N–C) groups is 1. The number of aromatic nitrogens is 2. The highest BCUT2D eigenvalue weighted by Gasteiger charge is 2.19. The summed E-state index contributed by atoms with van der Waals surface area (Å²) >= 11 is 0. The quantitative estimate of drug-likeness (QED) is 0.383. The summed E-state index contributed by atoms with van der Waals surface area (Å²) in [6.07, 6.45) is 0.371. The molecule has 0 aliphatic carbocycles. The zero-order chi connectivity index (χ0) is 25.5. The van der Waals surface area contributed by atoms with E-state index in [1.165, 1.54) is 0 Å². The summed E-state index contributed by atoms with van der Waals surface area (Å²) in [5.74, 6) is 0.727. The Balaban J connectivity index is 2.00. The number of para-hydroxylation sites is 2. The Morgan fingerprint density at radius 2 is 1.91 bits per heavy atom. The molecule has 0 spiro atoms. The normalized spacial score (nSPS) is 12.3. The van der Waals surface area contributed by atoms with Crippen LogP contribution < -0.4 is 26.4 Å². The van der Waals surface area contributed by atoms with Gasteiger partial charge in [0.1, 0.15) is 17.5 Å². The Hall–Kier alpha value is -3.98. The van der Waals surface area contributed by atoms with Crippen LogP contribution in [0.15, 0.2) is 53.5 Å². The van der Waals surface area contributed by atoms with Crippen molar-refractivity contribution in [2.45, 2.75) is 26.4 Å². The minimum atomic E-state index is -0.476. The van der Waals surface area contributed by atoms with Crippen molar-refractivity contribution in [3.63, 3.8) is 0 Å². The number of benzene rings is 2. The maximum Gasteiger partial charge on any atom is 0.248 e. The number of primary amides is 1. The van der Waals surface area contributed by atoms with Gasteiger partial charge in [-0.3, -0.25) is 4.79 Å². The molecule has 0 bridgehead atoms. The average molecular weight is 476 g/mol. The van der Waals surface area contributed by atoms with Gasteiger partial charge in [0.05, 0.1) is 11.4 Å². The summed E-state index contributed by atoms with van der Waals surface area (Å²) in [6, 6.07) is 14.8. The molecule has 0 saturated carbocycles. The third-order valence-electron chi connectivity index (χ3n) is 5.57. The number of ether oxygens (including phenoxy) is 1. The van der Waals surface area contributed by atoms with Gasteiger partial charge < -0.3 is 26.4 Å². The van der Waals surface area contributed by atoms with E-state index in [9.17, 15) is 4.79 Å². The molecule has 1 heterocycles. The number of hydrogen-bond donors (Lipinski definition) is 3. The maximum atomic E-state index is 11.7. The van der Waals surface area contributed by atoms with Gasteiger partial charge in [0.2, 0.25) is 5.91 Å². The average Bonchev–Trinajstić information content (AvgIpc) is 2.82. The van der Waals surface area contributed by atoms with Crippen LogP contribution in [0.2, 0.25) is 0 Å². The first-order valence-corrected chi connectivity index (χ1v) is 11.4. The number of carbonyl (C=O) groups excluding carboxylic acids is 1. The fourth-order valence-corrected chi connectivity index (χ4v) is 3.82. The van der Waals surface area contributed by atoms with E-state index in [0.717, 1.165) is 17.7 Å². The second kappa shape index (κ2) is 11.4. The molecule has 0 fully saturated rings. The van der Waals surface area contributed by atoms with E-state index in [1.807, 2.05) is 76.3 Å². The SMILES string of the molecule is CNCCC(Oc1ccccc1N=C(C)c1c(C)nnc(N(C)C)c1N)c1cccc(C(N)=O)c1. The molecule has 5 N–H and O–H groups in total. The molecule has 1 aromatic heterocycles. The molecular formula is C26H33N7O2. The van der Waals surface area contributed by atoms with Crippen molar-refractivity contribution in [3.05, 3.63) is 70.9 Å². The molecule has 0 aliphatic rings. The van der Waals surface area contributed by atoms with Crippen molar-refractivity contribution in [3.8, 4) is 5.75 Å². The molecule has 1 amide bonds. The molecule has 9 heteroatoms. The van der Waals surface area contributed by atoms with Gasteiger partial charge in [0.15, 0.2) is 5.82 Å². The Kier molecular flexibility index (Phi) is 8.38. The van der Waals surface area contributed by atoms with E-state index in [1.54, 1.807) is 12.1 Å². The molecule has 0 radical (unpaired) electrons.